The predicted octanol–water partition coefficient (Wildman–Crippen LogP) is 4.65. The lowest BCUT2D eigenvalue weighted by Gasteiger charge is -2.14. The van der Waals surface area contributed by atoms with Crippen LogP contribution in [0.4, 0.5) is 5.69 Å². The summed E-state index contributed by atoms with van der Waals surface area (Å²) in [6.45, 7) is 1.49. The van der Waals surface area contributed by atoms with E-state index in [9.17, 15) is 9.59 Å². The third kappa shape index (κ3) is 6.34. The maximum atomic E-state index is 12.3. The number of ether oxygens (including phenoxy) is 2. The van der Waals surface area contributed by atoms with E-state index in [1.165, 1.54) is 20.1 Å². The number of hydrogen-bond acceptors (Lipinski definition) is 5. The number of thioether (sulfide) groups is 1. The zero-order chi connectivity index (χ0) is 19.8. The summed E-state index contributed by atoms with van der Waals surface area (Å²) in [6.07, 6.45) is 3.94. The Bertz CT molecular complexity index is 836. The molecule has 2 rings (SSSR count). The number of rotatable bonds is 7. The molecule has 1 amide bonds. The van der Waals surface area contributed by atoms with Gasteiger partial charge >= 0.3 is 5.97 Å². The molecule has 0 aliphatic rings. The number of anilines is 1. The summed E-state index contributed by atoms with van der Waals surface area (Å²) >= 11 is 7.58. The fourth-order valence-corrected chi connectivity index (χ4v) is 2.74. The van der Waals surface area contributed by atoms with Crippen LogP contribution >= 0.6 is 23.4 Å². The Morgan fingerprint density at radius 2 is 1.89 bits per heavy atom. The van der Waals surface area contributed by atoms with Crippen molar-refractivity contribution in [3.63, 3.8) is 0 Å². The zero-order valence-electron chi connectivity index (χ0n) is 15.2. The molecule has 142 valence electrons. The van der Waals surface area contributed by atoms with Crippen LogP contribution in [0.1, 0.15) is 12.5 Å². The summed E-state index contributed by atoms with van der Waals surface area (Å²) in [5.41, 5.74) is 1.27. The number of methoxy groups -OCH3 is 1. The summed E-state index contributed by atoms with van der Waals surface area (Å²) in [5, 5.41) is 3.09. The van der Waals surface area contributed by atoms with E-state index in [1.807, 2.05) is 30.5 Å². The van der Waals surface area contributed by atoms with E-state index in [2.05, 4.69) is 5.32 Å². The van der Waals surface area contributed by atoms with Gasteiger partial charge in [-0.25, -0.2) is 4.79 Å². The highest BCUT2D eigenvalue weighted by Gasteiger charge is 2.18. The third-order valence-electron chi connectivity index (χ3n) is 3.61. The minimum absolute atomic E-state index is 0.405. The topological polar surface area (TPSA) is 64.6 Å². The third-order valence-corrected chi connectivity index (χ3v) is 4.59. The lowest BCUT2D eigenvalue weighted by atomic mass is 10.2. The quantitative estimate of drug-likeness (QED) is 0.412. The smallest absolute Gasteiger partial charge is 0.331 e. The first kappa shape index (κ1) is 20.9. The fourth-order valence-electron chi connectivity index (χ4n) is 2.16. The van der Waals surface area contributed by atoms with Gasteiger partial charge in [-0.1, -0.05) is 23.7 Å². The van der Waals surface area contributed by atoms with Crippen molar-refractivity contribution in [1.29, 1.82) is 0 Å². The number of carbonyl (C=O) groups is 2. The van der Waals surface area contributed by atoms with Gasteiger partial charge in [0.25, 0.3) is 5.91 Å². The Balaban J connectivity index is 1.94. The molecule has 2 aromatic rings. The van der Waals surface area contributed by atoms with Gasteiger partial charge in [0, 0.05) is 16.0 Å². The second-order valence-corrected chi connectivity index (χ2v) is 6.84. The van der Waals surface area contributed by atoms with Crippen LogP contribution in [0.25, 0.3) is 6.08 Å². The van der Waals surface area contributed by atoms with E-state index in [0.29, 0.717) is 16.5 Å². The molecule has 1 N–H and O–H groups in total. The minimum Gasteiger partial charge on any atom is -0.495 e. The van der Waals surface area contributed by atoms with Crippen molar-refractivity contribution >= 4 is 47.0 Å². The molecule has 0 aliphatic heterocycles. The van der Waals surface area contributed by atoms with Crippen molar-refractivity contribution in [1.82, 2.24) is 0 Å². The van der Waals surface area contributed by atoms with E-state index in [1.54, 1.807) is 36.0 Å². The molecular weight excluding hydrogens is 386 g/mol. The maximum absolute atomic E-state index is 12.3. The van der Waals surface area contributed by atoms with Gasteiger partial charge in [0.1, 0.15) is 5.75 Å². The van der Waals surface area contributed by atoms with Gasteiger partial charge in [-0.3, -0.25) is 4.79 Å². The molecule has 0 bridgehead atoms. The van der Waals surface area contributed by atoms with Crippen molar-refractivity contribution in [2.24, 2.45) is 0 Å². The average Bonchev–Trinajstić information content (AvgIpc) is 2.67. The summed E-state index contributed by atoms with van der Waals surface area (Å²) in [4.78, 5) is 25.3. The Hall–Kier alpha value is -2.44. The van der Waals surface area contributed by atoms with Crippen LogP contribution in [0.15, 0.2) is 53.4 Å². The van der Waals surface area contributed by atoms with Crippen LogP contribution in [0.3, 0.4) is 0 Å². The van der Waals surface area contributed by atoms with Crippen molar-refractivity contribution in [2.45, 2.75) is 17.9 Å². The number of hydrogen-bond donors (Lipinski definition) is 1. The van der Waals surface area contributed by atoms with Gasteiger partial charge in [0.05, 0.1) is 12.8 Å². The van der Waals surface area contributed by atoms with Crippen LogP contribution in [0, 0.1) is 0 Å². The first-order chi connectivity index (χ1) is 12.9. The molecule has 0 aromatic heterocycles. The minimum atomic E-state index is -0.982. The van der Waals surface area contributed by atoms with Crippen LogP contribution in [0.2, 0.25) is 5.02 Å². The summed E-state index contributed by atoms with van der Waals surface area (Å²) in [6, 6.07) is 12.6. The molecule has 5 nitrogen and oxygen atoms in total. The van der Waals surface area contributed by atoms with Crippen LogP contribution in [-0.2, 0) is 14.3 Å². The highest BCUT2D eigenvalue weighted by atomic mass is 35.5. The van der Waals surface area contributed by atoms with Crippen LogP contribution in [-0.4, -0.2) is 31.3 Å². The van der Waals surface area contributed by atoms with E-state index in [0.717, 1.165) is 10.5 Å². The van der Waals surface area contributed by atoms with Gasteiger partial charge in [-0.15, -0.1) is 11.8 Å². The molecule has 7 heteroatoms. The number of benzene rings is 2. The zero-order valence-corrected chi connectivity index (χ0v) is 16.8. The highest BCUT2D eigenvalue weighted by molar-refractivity contribution is 7.98. The van der Waals surface area contributed by atoms with Gasteiger partial charge < -0.3 is 14.8 Å². The van der Waals surface area contributed by atoms with E-state index in [4.69, 9.17) is 21.1 Å². The summed E-state index contributed by atoms with van der Waals surface area (Å²) in [5.74, 6) is -0.633. The van der Waals surface area contributed by atoms with Crippen molar-refractivity contribution in [3.8, 4) is 5.75 Å². The van der Waals surface area contributed by atoms with Crippen LogP contribution in [0.5, 0.6) is 5.75 Å². The molecule has 0 unspecified atom stereocenters. The molecular formula is C20H20ClNO4S. The van der Waals surface area contributed by atoms with Crippen LogP contribution < -0.4 is 10.1 Å². The number of halogens is 1. The predicted molar refractivity (Wildman–Crippen MR) is 109 cm³/mol. The highest BCUT2D eigenvalue weighted by Crippen LogP contribution is 2.27. The molecule has 0 heterocycles. The van der Waals surface area contributed by atoms with Gasteiger partial charge in [0.2, 0.25) is 0 Å². The molecule has 2 aromatic carbocycles. The Kier molecular flexibility index (Phi) is 7.76. The van der Waals surface area contributed by atoms with Crippen molar-refractivity contribution in [3.05, 3.63) is 59.1 Å². The van der Waals surface area contributed by atoms with Crippen molar-refractivity contribution < 1.29 is 19.1 Å². The SMILES string of the molecule is COc1ccc(Cl)cc1NC(=O)[C@@H](C)OC(=O)/C=C/c1ccc(SC)cc1. The van der Waals surface area contributed by atoms with Gasteiger partial charge in [-0.05, 0) is 55.2 Å². The van der Waals surface area contributed by atoms with Gasteiger partial charge in [0.15, 0.2) is 6.10 Å². The Morgan fingerprint density at radius 3 is 2.52 bits per heavy atom. The number of amides is 1. The Labute approximate surface area is 167 Å². The fraction of sp³-hybridized carbons (Fsp3) is 0.200. The number of carbonyl (C=O) groups excluding carboxylic acids is 2. The molecule has 27 heavy (non-hydrogen) atoms. The number of esters is 1. The second-order valence-electron chi connectivity index (χ2n) is 5.52. The summed E-state index contributed by atoms with van der Waals surface area (Å²) in [7, 11) is 1.48. The average molecular weight is 406 g/mol. The van der Waals surface area contributed by atoms with Gasteiger partial charge in [-0.2, -0.15) is 0 Å². The summed E-state index contributed by atoms with van der Waals surface area (Å²) < 4.78 is 10.3. The Morgan fingerprint density at radius 1 is 1.19 bits per heavy atom. The first-order valence-electron chi connectivity index (χ1n) is 8.10. The molecule has 0 fully saturated rings. The molecule has 0 saturated carbocycles. The molecule has 0 saturated heterocycles. The van der Waals surface area contributed by atoms with E-state index >= 15 is 0 Å². The number of nitrogens with one attached hydrogen (secondary N) is 1. The molecule has 0 aliphatic carbocycles. The molecule has 0 spiro atoms. The maximum Gasteiger partial charge on any atom is 0.331 e. The normalized spacial score (nSPS) is 11.9. The monoisotopic (exact) mass is 405 g/mol. The standard InChI is InChI=1S/C20H20ClNO4S/c1-13(20(24)22-17-12-15(21)7-10-18(17)25-2)26-19(23)11-6-14-4-8-16(27-3)9-5-14/h4-13H,1-3H3,(H,22,24)/b11-6+/t13-/m1/s1. The molecule has 0 radical (unpaired) electrons. The first-order valence-corrected chi connectivity index (χ1v) is 9.70. The van der Waals surface area contributed by atoms with E-state index < -0.39 is 18.0 Å². The van der Waals surface area contributed by atoms with Crippen molar-refractivity contribution in [2.75, 3.05) is 18.7 Å². The largest absolute Gasteiger partial charge is 0.495 e. The second kappa shape index (κ2) is 10.0. The molecule has 1 atom stereocenters. The lowest BCUT2D eigenvalue weighted by molar-refractivity contribution is -0.148. The van der Waals surface area contributed by atoms with E-state index in [-0.39, 0.29) is 0 Å². The lowest BCUT2D eigenvalue weighted by Crippen LogP contribution is -2.29.